The topological polar surface area (TPSA) is 55.3 Å². The molecule has 0 radical (unpaired) electrons. The maximum Gasteiger partial charge on any atom is 0.193 e. The summed E-state index contributed by atoms with van der Waals surface area (Å²) in [4.78, 5) is 6.86. The van der Waals surface area contributed by atoms with Crippen molar-refractivity contribution in [3.05, 3.63) is 30.4 Å². The van der Waals surface area contributed by atoms with Gasteiger partial charge < -0.3 is 24.4 Å². The average molecular weight is 349 g/mol. The van der Waals surface area contributed by atoms with Crippen LogP contribution in [0.1, 0.15) is 25.3 Å². The number of nitrogens with zero attached hydrogens (tertiary/aromatic N) is 2. The van der Waals surface area contributed by atoms with E-state index in [9.17, 15) is 0 Å². The number of unbranched alkanes of at least 4 members (excludes halogenated alkanes) is 1. The number of hydrogen-bond donors (Lipinski definition) is 1. The highest BCUT2D eigenvalue weighted by Gasteiger charge is 2.12. The van der Waals surface area contributed by atoms with Crippen LogP contribution in [-0.4, -0.2) is 52.3 Å². The van der Waals surface area contributed by atoms with Gasteiger partial charge in [0.2, 0.25) is 0 Å². The fourth-order valence-electron chi connectivity index (χ4n) is 2.42. The smallest absolute Gasteiger partial charge is 0.193 e. The van der Waals surface area contributed by atoms with Crippen molar-refractivity contribution in [2.45, 2.75) is 26.3 Å². The Morgan fingerprint density at radius 3 is 2.36 bits per heavy atom. The van der Waals surface area contributed by atoms with Crippen LogP contribution in [0.3, 0.4) is 0 Å². The lowest BCUT2D eigenvalue weighted by Crippen LogP contribution is -2.39. The van der Waals surface area contributed by atoms with E-state index in [2.05, 4.69) is 23.7 Å². The fourth-order valence-corrected chi connectivity index (χ4v) is 2.42. The summed E-state index contributed by atoms with van der Waals surface area (Å²) in [5.74, 6) is 2.90. The van der Waals surface area contributed by atoms with Gasteiger partial charge in [0.15, 0.2) is 17.5 Å². The summed E-state index contributed by atoms with van der Waals surface area (Å²) in [6.45, 7) is 8.04. The van der Waals surface area contributed by atoms with E-state index in [1.165, 1.54) is 0 Å². The van der Waals surface area contributed by atoms with Gasteiger partial charge in [-0.2, -0.15) is 0 Å². The summed E-state index contributed by atoms with van der Waals surface area (Å²) in [5.41, 5.74) is 0.940. The Morgan fingerprint density at radius 1 is 1.16 bits per heavy atom. The zero-order chi connectivity index (χ0) is 18.7. The highest BCUT2D eigenvalue weighted by atomic mass is 16.5. The molecule has 0 unspecified atom stereocenters. The molecule has 6 heteroatoms. The number of nitrogens with one attached hydrogen (secondary N) is 1. The van der Waals surface area contributed by atoms with Crippen LogP contribution < -0.4 is 19.5 Å². The highest BCUT2D eigenvalue weighted by Crippen LogP contribution is 2.34. The molecule has 0 heterocycles. The van der Waals surface area contributed by atoms with Crippen molar-refractivity contribution >= 4 is 5.96 Å². The number of hydrogen-bond acceptors (Lipinski definition) is 4. The molecule has 0 atom stereocenters. The first-order valence-electron chi connectivity index (χ1n) is 8.50. The first kappa shape index (κ1) is 20.7. The normalized spacial score (nSPS) is 11.0. The maximum atomic E-state index is 5.47. The molecule has 1 aromatic rings. The first-order valence-corrected chi connectivity index (χ1v) is 8.50. The molecule has 140 valence electrons. The van der Waals surface area contributed by atoms with Gasteiger partial charge in [0, 0.05) is 31.8 Å². The quantitative estimate of drug-likeness (QED) is 0.304. The van der Waals surface area contributed by atoms with E-state index in [-0.39, 0.29) is 0 Å². The Morgan fingerprint density at radius 2 is 1.80 bits per heavy atom. The summed E-state index contributed by atoms with van der Waals surface area (Å²) in [7, 11) is 6.91. The van der Waals surface area contributed by atoms with Gasteiger partial charge in [0.1, 0.15) is 5.75 Å². The molecule has 0 saturated carbocycles. The predicted octanol–water partition coefficient (Wildman–Crippen LogP) is 3.08. The van der Waals surface area contributed by atoms with Crippen LogP contribution >= 0.6 is 0 Å². The van der Waals surface area contributed by atoms with E-state index in [0.717, 1.165) is 43.2 Å². The minimum absolute atomic E-state index is 0.484. The second kappa shape index (κ2) is 11.2. The maximum absolute atomic E-state index is 5.47. The molecule has 0 fully saturated rings. The number of methoxy groups -OCH3 is 3. The molecule has 1 rings (SSSR count). The summed E-state index contributed by atoms with van der Waals surface area (Å²) in [6, 6.07) is 3.73. The SMILES string of the molecule is C=CCCCN(C)C(=NCc1cc(OC)c(OC)cc1OC)NCC. The standard InChI is InChI=1S/C19H31N3O3/c1-7-9-10-11-22(3)19(20-8-2)21-14-15-12-17(24-5)18(25-6)13-16(15)23-4/h7,12-13H,1,8-11,14H2,2-6H3,(H,20,21). The fraction of sp³-hybridized carbons (Fsp3) is 0.526. The Balaban J connectivity index is 2.99. The second-order valence-corrected chi connectivity index (χ2v) is 5.54. The van der Waals surface area contributed by atoms with E-state index in [1.807, 2.05) is 25.3 Å². The number of benzene rings is 1. The molecule has 0 aromatic heterocycles. The van der Waals surface area contributed by atoms with Crippen LogP contribution in [0.15, 0.2) is 29.8 Å². The molecule has 0 aliphatic heterocycles. The Hall–Kier alpha value is -2.37. The largest absolute Gasteiger partial charge is 0.496 e. The summed E-state index contributed by atoms with van der Waals surface area (Å²) in [5, 5.41) is 3.32. The van der Waals surface area contributed by atoms with Gasteiger partial charge >= 0.3 is 0 Å². The van der Waals surface area contributed by atoms with Gasteiger partial charge in [0.25, 0.3) is 0 Å². The third-order valence-corrected chi connectivity index (χ3v) is 3.78. The molecular weight excluding hydrogens is 318 g/mol. The van der Waals surface area contributed by atoms with E-state index in [4.69, 9.17) is 19.2 Å². The molecule has 6 nitrogen and oxygen atoms in total. The molecule has 0 saturated heterocycles. The molecule has 0 spiro atoms. The lowest BCUT2D eigenvalue weighted by atomic mass is 10.1. The Kier molecular flexibility index (Phi) is 9.29. The number of allylic oxidation sites excluding steroid dienone is 1. The van der Waals surface area contributed by atoms with Crippen molar-refractivity contribution in [3.63, 3.8) is 0 Å². The molecule has 0 aliphatic rings. The van der Waals surface area contributed by atoms with Gasteiger partial charge in [-0.25, -0.2) is 4.99 Å². The number of aliphatic imine (C=N–C) groups is 1. The van der Waals surface area contributed by atoms with E-state index in [0.29, 0.717) is 18.0 Å². The summed E-state index contributed by atoms with van der Waals surface area (Å²) < 4.78 is 16.2. The van der Waals surface area contributed by atoms with Crippen LogP contribution in [0.4, 0.5) is 0 Å². The first-order chi connectivity index (χ1) is 12.1. The number of rotatable bonds is 10. The van der Waals surface area contributed by atoms with Crippen LogP contribution in [0.5, 0.6) is 17.2 Å². The van der Waals surface area contributed by atoms with Crippen molar-refractivity contribution in [2.24, 2.45) is 4.99 Å². The van der Waals surface area contributed by atoms with E-state index >= 15 is 0 Å². The third kappa shape index (κ3) is 6.21. The van der Waals surface area contributed by atoms with Gasteiger partial charge in [-0.05, 0) is 25.8 Å². The third-order valence-electron chi connectivity index (χ3n) is 3.78. The van der Waals surface area contributed by atoms with Crippen molar-refractivity contribution in [1.82, 2.24) is 10.2 Å². The number of ether oxygens (including phenoxy) is 3. The molecular formula is C19H31N3O3. The van der Waals surface area contributed by atoms with Gasteiger partial charge in [0.05, 0.1) is 27.9 Å². The minimum atomic E-state index is 0.484. The summed E-state index contributed by atoms with van der Waals surface area (Å²) in [6.07, 6.45) is 3.98. The molecule has 1 aromatic carbocycles. The second-order valence-electron chi connectivity index (χ2n) is 5.54. The summed E-state index contributed by atoms with van der Waals surface area (Å²) >= 11 is 0. The van der Waals surface area contributed by atoms with Gasteiger partial charge in [-0.3, -0.25) is 0 Å². The van der Waals surface area contributed by atoms with Crippen LogP contribution in [-0.2, 0) is 6.54 Å². The highest BCUT2D eigenvalue weighted by molar-refractivity contribution is 5.79. The predicted molar refractivity (Wildman–Crippen MR) is 103 cm³/mol. The van der Waals surface area contributed by atoms with E-state index in [1.54, 1.807) is 21.3 Å². The lowest BCUT2D eigenvalue weighted by molar-refractivity contribution is 0.347. The van der Waals surface area contributed by atoms with Crippen molar-refractivity contribution in [3.8, 4) is 17.2 Å². The van der Waals surface area contributed by atoms with Crippen molar-refractivity contribution < 1.29 is 14.2 Å². The van der Waals surface area contributed by atoms with Crippen LogP contribution in [0, 0.1) is 0 Å². The van der Waals surface area contributed by atoms with E-state index < -0.39 is 0 Å². The molecule has 0 bridgehead atoms. The Bertz CT molecular complexity index is 573. The average Bonchev–Trinajstić information content (AvgIpc) is 2.64. The van der Waals surface area contributed by atoms with Crippen LogP contribution in [0.2, 0.25) is 0 Å². The van der Waals surface area contributed by atoms with Gasteiger partial charge in [-0.1, -0.05) is 6.08 Å². The molecule has 1 N–H and O–H groups in total. The Labute approximate surface area is 151 Å². The number of guanidine groups is 1. The molecule has 0 amide bonds. The van der Waals surface area contributed by atoms with Crippen molar-refractivity contribution in [2.75, 3.05) is 41.5 Å². The molecule has 0 aliphatic carbocycles. The molecule has 25 heavy (non-hydrogen) atoms. The monoisotopic (exact) mass is 349 g/mol. The van der Waals surface area contributed by atoms with Gasteiger partial charge in [-0.15, -0.1) is 6.58 Å². The van der Waals surface area contributed by atoms with Crippen LogP contribution in [0.25, 0.3) is 0 Å². The van der Waals surface area contributed by atoms with Crippen molar-refractivity contribution in [1.29, 1.82) is 0 Å². The zero-order valence-corrected chi connectivity index (χ0v) is 16.1. The minimum Gasteiger partial charge on any atom is -0.496 e. The zero-order valence-electron chi connectivity index (χ0n) is 16.1. The lowest BCUT2D eigenvalue weighted by Gasteiger charge is -2.22.